The number of rotatable bonds is 2. The molecule has 1 unspecified atom stereocenters. The van der Waals surface area contributed by atoms with E-state index < -0.39 is 0 Å². The van der Waals surface area contributed by atoms with E-state index in [9.17, 15) is 0 Å². The van der Waals surface area contributed by atoms with Crippen LogP contribution >= 0.6 is 0 Å². The Balaban J connectivity index is 1.87. The highest BCUT2D eigenvalue weighted by Crippen LogP contribution is 2.34. The van der Waals surface area contributed by atoms with Crippen LogP contribution in [0.3, 0.4) is 0 Å². The molecule has 4 nitrogen and oxygen atoms in total. The summed E-state index contributed by atoms with van der Waals surface area (Å²) in [6.07, 6.45) is 6.89. The van der Waals surface area contributed by atoms with E-state index in [4.69, 9.17) is 4.74 Å². The normalized spacial score (nSPS) is 26.5. The summed E-state index contributed by atoms with van der Waals surface area (Å²) in [6, 6.07) is 0.514. The molecule has 1 aromatic rings. The van der Waals surface area contributed by atoms with Crippen molar-refractivity contribution in [1.82, 2.24) is 15.1 Å². The molecule has 0 bridgehead atoms. The lowest BCUT2D eigenvalue weighted by molar-refractivity contribution is 0.0850. The SMILES string of the molecule is Cn1ncc(C2CCOCC2)c1C1CCCN1. The maximum absolute atomic E-state index is 5.45. The lowest BCUT2D eigenvalue weighted by Gasteiger charge is -2.24. The van der Waals surface area contributed by atoms with Gasteiger partial charge in [0.25, 0.3) is 0 Å². The summed E-state index contributed by atoms with van der Waals surface area (Å²) in [5.41, 5.74) is 2.87. The van der Waals surface area contributed by atoms with Gasteiger partial charge in [-0.15, -0.1) is 0 Å². The Labute approximate surface area is 102 Å². The van der Waals surface area contributed by atoms with Crippen LogP contribution in [0.25, 0.3) is 0 Å². The standard InChI is InChI=1S/C13H21N3O/c1-16-13(12-3-2-6-14-12)11(9-15-16)10-4-7-17-8-5-10/h9-10,12,14H,2-8H2,1H3. The fraction of sp³-hybridized carbons (Fsp3) is 0.769. The Morgan fingerprint density at radius 1 is 1.35 bits per heavy atom. The van der Waals surface area contributed by atoms with E-state index in [1.165, 1.54) is 24.1 Å². The first-order valence-electron chi connectivity index (χ1n) is 6.69. The number of nitrogens with one attached hydrogen (secondary N) is 1. The van der Waals surface area contributed by atoms with Gasteiger partial charge in [0.05, 0.1) is 11.9 Å². The van der Waals surface area contributed by atoms with Gasteiger partial charge in [0.2, 0.25) is 0 Å². The maximum Gasteiger partial charge on any atom is 0.0585 e. The van der Waals surface area contributed by atoms with Gasteiger partial charge in [-0.1, -0.05) is 0 Å². The Hall–Kier alpha value is -0.870. The van der Waals surface area contributed by atoms with Crippen molar-refractivity contribution >= 4 is 0 Å². The molecule has 1 N–H and O–H groups in total. The van der Waals surface area contributed by atoms with Gasteiger partial charge in [-0.3, -0.25) is 4.68 Å². The molecule has 0 radical (unpaired) electrons. The van der Waals surface area contributed by atoms with Crippen molar-refractivity contribution in [3.63, 3.8) is 0 Å². The zero-order chi connectivity index (χ0) is 11.7. The molecule has 94 valence electrons. The molecule has 0 saturated carbocycles. The summed E-state index contributed by atoms with van der Waals surface area (Å²) in [6.45, 7) is 2.94. The number of hydrogen-bond acceptors (Lipinski definition) is 3. The zero-order valence-corrected chi connectivity index (χ0v) is 10.5. The Morgan fingerprint density at radius 3 is 2.88 bits per heavy atom. The smallest absolute Gasteiger partial charge is 0.0585 e. The van der Waals surface area contributed by atoms with Crippen LogP contribution in [0, 0.1) is 0 Å². The molecule has 3 heterocycles. The van der Waals surface area contributed by atoms with Crippen molar-refractivity contribution in [3.05, 3.63) is 17.5 Å². The second-order valence-corrected chi connectivity index (χ2v) is 5.14. The molecule has 0 aromatic carbocycles. The molecular formula is C13H21N3O. The average molecular weight is 235 g/mol. The van der Waals surface area contributed by atoms with Crippen molar-refractivity contribution in [3.8, 4) is 0 Å². The average Bonchev–Trinajstić information content (AvgIpc) is 2.99. The van der Waals surface area contributed by atoms with Crippen LogP contribution < -0.4 is 5.32 Å². The van der Waals surface area contributed by atoms with Crippen molar-refractivity contribution in [2.75, 3.05) is 19.8 Å². The number of aryl methyl sites for hydroxylation is 1. The molecular weight excluding hydrogens is 214 g/mol. The van der Waals surface area contributed by atoms with Gasteiger partial charge < -0.3 is 10.1 Å². The van der Waals surface area contributed by atoms with Gasteiger partial charge in [-0.05, 0) is 43.7 Å². The van der Waals surface area contributed by atoms with Crippen molar-refractivity contribution in [1.29, 1.82) is 0 Å². The van der Waals surface area contributed by atoms with Gasteiger partial charge in [-0.25, -0.2) is 0 Å². The van der Waals surface area contributed by atoms with E-state index in [0.29, 0.717) is 12.0 Å². The van der Waals surface area contributed by atoms with E-state index in [-0.39, 0.29) is 0 Å². The third-order valence-electron chi connectivity index (χ3n) is 4.07. The van der Waals surface area contributed by atoms with Crippen LogP contribution in [0.5, 0.6) is 0 Å². The molecule has 0 spiro atoms. The Kier molecular flexibility index (Phi) is 3.16. The van der Waals surface area contributed by atoms with Gasteiger partial charge >= 0.3 is 0 Å². The first-order chi connectivity index (χ1) is 8.36. The third-order valence-corrected chi connectivity index (χ3v) is 4.07. The summed E-state index contributed by atoms with van der Waals surface area (Å²) in [5, 5.41) is 8.06. The van der Waals surface area contributed by atoms with E-state index in [0.717, 1.165) is 32.6 Å². The van der Waals surface area contributed by atoms with Crippen molar-refractivity contribution in [2.45, 2.75) is 37.6 Å². The minimum absolute atomic E-state index is 0.514. The lowest BCUT2D eigenvalue weighted by Crippen LogP contribution is -2.21. The fourth-order valence-corrected chi connectivity index (χ4v) is 3.13. The van der Waals surface area contributed by atoms with Crippen LogP contribution in [0.4, 0.5) is 0 Å². The lowest BCUT2D eigenvalue weighted by atomic mass is 9.90. The zero-order valence-electron chi connectivity index (χ0n) is 10.5. The van der Waals surface area contributed by atoms with Crippen molar-refractivity contribution in [2.24, 2.45) is 7.05 Å². The molecule has 1 aromatic heterocycles. The number of hydrogen-bond donors (Lipinski definition) is 1. The van der Waals surface area contributed by atoms with E-state index in [1.807, 2.05) is 0 Å². The first kappa shape index (κ1) is 11.2. The Bertz CT molecular complexity index is 376. The number of ether oxygens (including phenoxy) is 1. The summed E-state index contributed by atoms with van der Waals surface area (Å²) in [5.74, 6) is 0.648. The van der Waals surface area contributed by atoms with E-state index in [2.05, 4.69) is 28.3 Å². The van der Waals surface area contributed by atoms with Crippen LogP contribution in [-0.4, -0.2) is 29.5 Å². The monoisotopic (exact) mass is 235 g/mol. The molecule has 2 saturated heterocycles. The molecule has 2 aliphatic rings. The quantitative estimate of drug-likeness (QED) is 0.848. The summed E-state index contributed by atoms with van der Waals surface area (Å²) >= 11 is 0. The minimum Gasteiger partial charge on any atom is -0.381 e. The van der Waals surface area contributed by atoms with Gasteiger partial charge in [0, 0.05) is 26.3 Å². The van der Waals surface area contributed by atoms with Crippen LogP contribution in [0.15, 0.2) is 6.20 Å². The van der Waals surface area contributed by atoms with Crippen molar-refractivity contribution < 1.29 is 4.74 Å². The summed E-state index contributed by atoms with van der Waals surface area (Å²) in [7, 11) is 2.07. The second-order valence-electron chi connectivity index (χ2n) is 5.14. The topological polar surface area (TPSA) is 39.1 Å². The largest absolute Gasteiger partial charge is 0.381 e. The molecule has 2 aliphatic heterocycles. The molecule has 0 aliphatic carbocycles. The van der Waals surface area contributed by atoms with Gasteiger partial charge in [0.15, 0.2) is 0 Å². The molecule has 4 heteroatoms. The predicted octanol–water partition coefficient (Wildman–Crippen LogP) is 1.74. The Morgan fingerprint density at radius 2 is 2.18 bits per heavy atom. The summed E-state index contributed by atoms with van der Waals surface area (Å²) in [4.78, 5) is 0. The molecule has 3 rings (SSSR count). The highest BCUT2D eigenvalue weighted by Gasteiger charge is 2.27. The minimum atomic E-state index is 0.514. The van der Waals surface area contributed by atoms with Crippen LogP contribution in [0.2, 0.25) is 0 Å². The second kappa shape index (κ2) is 4.78. The van der Waals surface area contributed by atoms with Crippen LogP contribution in [0.1, 0.15) is 48.9 Å². The molecule has 1 atom stereocenters. The third kappa shape index (κ3) is 2.11. The first-order valence-corrected chi connectivity index (χ1v) is 6.69. The molecule has 17 heavy (non-hydrogen) atoms. The fourth-order valence-electron chi connectivity index (χ4n) is 3.13. The highest BCUT2D eigenvalue weighted by molar-refractivity contribution is 5.26. The van der Waals surface area contributed by atoms with E-state index >= 15 is 0 Å². The van der Waals surface area contributed by atoms with Gasteiger partial charge in [0.1, 0.15) is 0 Å². The number of nitrogens with zero attached hydrogens (tertiary/aromatic N) is 2. The van der Waals surface area contributed by atoms with E-state index in [1.54, 1.807) is 0 Å². The number of aromatic nitrogens is 2. The van der Waals surface area contributed by atoms with Gasteiger partial charge in [-0.2, -0.15) is 5.10 Å². The molecule has 2 fully saturated rings. The summed E-state index contributed by atoms with van der Waals surface area (Å²) < 4.78 is 7.51. The highest BCUT2D eigenvalue weighted by atomic mass is 16.5. The maximum atomic E-state index is 5.45. The van der Waals surface area contributed by atoms with Crippen LogP contribution in [-0.2, 0) is 11.8 Å². The predicted molar refractivity (Wildman–Crippen MR) is 66.0 cm³/mol. The molecule has 0 amide bonds.